The molecule has 0 bridgehead atoms. The smallest absolute Gasteiger partial charge is 0.284 e. The van der Waals surface area contributed by atoms with Crippen LogP contribution in [0.2, 0.25) is 0 Å². The van der Waals surface area contributed by atoms with Crippen LogP contribution in [0.15, 0.2) is 0 Å². The Kier molecular flexibility index (Phi) is 1.62. The molecule has 0 spiro atoms. The first-order valence-electron chi connectivity index (χ1n) is 3.20. The van der Waals surface area contributed by atoms with E-state index in [9.17, 15) is 13.6 Å². The minimum Gasteiger partial charge on any atom is -0.284 e. The van der Waals surface area contributed by atoms with Gasteiger partial charge in [-0.05, 0) is 6.42 Å². The lowest BCUT2D eigenvalue weighted by Crippen LogP contribution is -2.38. The summed E-state index contributed by atoms with van der Waals surface area (Å²) in [6, 6.07) is -2.88. The summed E-state index contributed by atoms with van der Waals surface area (Å²) in [4.78, 5) is 11.1. The fraction of sp³-hybridized carbons (Fsp3) is 0.833. The first-order chi connectivity index (χ1) is 4.54. The maximum atomic E-state index is 12.6. The van der Waals surface area contributed by atoms with Gasteiger partial charge in [-0.1, -0.05) is 0 Å². The molecule has 1 rings (SSSR count). The first-order valence-corrected chi connectivity index (χ1v) is 3.20. The number of nitrogens with zero attached hydrogens (tertiary/aromatic N) is 1. The van der Waals surface area contributed by atoms with E-state index in [0.29, 0.717) is 11.3 Å². The van der Waals surface area contributed by atoms with Crippen molar-refractivity contribution in [3.8, 4) is 0 Å². The lowest BCUT2D eigenvalue weighted by Gasteiger charge is -2.21. The van der Waals surface area contributed by atoms with E-state index in [1.807, 2.05) is 0 Å². The highest BCUT2D eigenvalue weighted by Crippen LogP contribution is 2.31. The Morgan fingerprint density at radius 3 is 2.40 bits per heavy atom. The molecular formula is C6H9F2NO. The van der Waals surface area contributed by atoms with Gasteiger partial charge in [0.1, 0.15) is 0 Å². The summed E-state index contributed by atoms with van der Waals surface area (Å²) in [5.41, 5.74) is 0. The van der Waals surface area contributed by atoms with Crippen LogP contribution in [0.1, 0.15) is 19.8 Å². The van der Waals surface area contributed by atoms with Gasteiger partial charge in [0.05, 0.1) is 0 Å². The van der Waals surface area contributed by atoms with Gasteiger partial charge in [-0.15, -0.1) is 0 Å². The van der Waals surface area contributed by atoms with E-state index in [4.69, 9.17) is 0 Å². The van der Waals surface area contributed by atoms with Crippen LogP contribution in [0.3, 0.4) is 0 Å². The van der Waals surface area contributed by atoms with Crippen LogP contribution in [-0.2, 0) is 4.79 Å². The average molecular weight is 149 g/mol. The van der Waals surface area contributed by atoms with E-state index >= 15 is 0 Å². The number of amides is 1. The standard InChI is InChI=1S/C6H9F2NO/c1-5(10)9-4-2-3-6(9,7)8/h2-4H2,1H3. The van der Waals surface area contributed by atoms with Crippen LogP contribution in [0.25, 0.3) is 0 Å². The molecule has 0 N–H and O–H groups in total. The topological polar surface area (TPSA) is 20.3 Å². The molecule has 1 saturated heterocycles. The third kappa shape index (κ3) is 1.10. The molecule has 0 aromatic rings. The molecule has 0 aliphatic carbocycles. The molecule has 2 nitrogen and oxygen atoms in total. The highest BCUT2D eigenvalue weighted by Gasteiger charge is 2.42. The number of hydrogen-bond acceptors (Lipinski definition) is 1. The fourth-order valence-corrected chi connectivity index (χ4v) is 1.14. The summed E-state index contributed by atoms with van der Waals surface area (Å²) in [5.74, 6) is -0.539. The van der Waals surface area contributed by atoms with E-state index in [2.05, 4.69) is 0 Å². The Hall–Kier alpha value is -0.670. The van der Waals surface area contributed by atoms with E-state index in [1.165, 1.54) is 6.92 Å². The Balaban J connectivity index is 2.68. The zero-order valence-corrected chi connectivity index (χ0v) is 5.73. The van der Waals surface area contributed by atoms with Crippen LogP contribution in [0.4, 0.5) is 8.78 Å². The number of likely N-dealkylation sites (tertiary alicyclic amines) is 1. The van der Waals surface area contributed by atoms with E-state index < -0.39 is 12.0 Å². The molecule has 0 atom stereocenters. The van der Waals surface area contributed by atoms with Crippen molar-refractivity contribution in [3.05, 3.63) is 0 Å². The molecule has 1 amide bonds. The zero-order valence-electron chi connectivity index (χ0n) is 5.73. The monoisotopic (exact) mass is 149 g/mol. The number of rotatable bonds is 0. The minimum atomic E-state index is -2.88. The van der Waals surface area contributed by atoms with Gasteiger partial charge in [-0.25, -0.2) is 0 Å². The van der Waals surface area contributed by atoms with Gasteiger partial charge in [-0.3, -0.25) is 9.69 Å². The third-order valence-electron chi connectivity index (χ3n) is 1.63. The van der Waals surface area contributed by atoms with Crippen molar-refractivity contribution in [2.24, 2.45) is 0 Å². The largest absolute Gasteiger partial charge is 0.327 e. The summed E-state index contributed by atoms with van der Waals surface area (Å²) in [5, 5.41) is 0. The Morgan fingerprint density at radius 2 is 2.20 bits per heavy atom. The lowest BCUT2D eigenvalue weighted by atomic mass is 10.4. The molecule has 0 saturated carbocycles. The second kappa shape index (κ2) is 2.18. The van der Waals surface area contributed by atoms with Crippen molar-refractivity contribution < 1.29 is 13.6 Å². The number of carbonyl (C=O) groups excluding carboxylic acids is 1. The SMILES string of the molecule is CC(=O)N1CCCC1(F)F. The van der Waals surface area contributed by atoms with E-state index in [0.717, 1.165) is 0 Å². The molecule has 10 heavy (non-hydrogen) atoms. The highest BCUT2D eigenvalue weighted by atomic mass is 19.3. The van der Waals surface area contributed by atoms with Crippen molar-refractivity contribution in [1.29, 1.82) is 0 Å². The van der Waals surface area contributed by atoms with Crippen LogP contribution in [0.5, 0.6) is 0 Å². The zero-order chi connectivity index (χ0) is 7.78. The lowest BCUT2D eigenvalue weighted by molar-refractivity contribution is -0.160. The molecular weight excluding hydrogens is 140 g/mol. The molecule has 0 radical (unpaired) electrons. The summed E-state index contributed by atoms with van der Waals surface area (Å²) in [6.07, 6.45) is 0.221. The average Bonchev–Trinajstić information content (AvgIpc) is 2.08. The molecule has 0 aromatic carbocycles. The molecule has 1 heterocycles. The molecule has 0 unspecified atom stereocenters. The predicted molar refractivity (Wildman–Crippen MR) is 31.6 cm³/mol. The summed E-state index contributed by atoms with van der Waals surface area (Å²) >= 11 is 0. The predicted octanol–water partition coefficient (Wildman–Crippen LogP) is 1.22. The van der Waals surface area contributed by atoms with Gasteiger partial charge in [0, 0.05) is 19.9 Å². The second-order valence-electron chi connectivity index (χ2n) is 2.44. The van der Waals surface area contributed by atoms with Crippen LogP contribution in [0, 0.1) is 0 Å². The minimum absolute atomic E-state index is 0.188. The molecule has 0 aromatic heterocycles. The van der Waals surface area contributed by atoms with Crippen molar-refractivity contribution >= 4 is 5.91 Å². The molecule has 4 heteroatoms. The summed E-state index contributed by atoms with van der Waals surface area (Å²) in [6.45, 7) is 1.36. The van der Waals surface area contributed by atoms with Crippen LogP contribution >= 0.6 is 0 Å². The number of alkyl halides is 2. The van der Waals surface area contributed by atoms with Crippen molar-refractivity contribution in [3.63, 3.8) is 0 Å². The first kappa shape index (κ1) is 7.44. The third-order valence-corrected chi connectivity index (χ3v) is 1.63. The summed E-state index contributed by atoms with van der Waals surface area (Å²) < 4.78 is 25.1. The van der Waals surface area contributed by atoms with Crippen LogP contribution < -0.4 is 0 Å². The van der Waals surface area contributed by atoms with Crippen molar-refractivity contribution in [2.45, 2.75) is 25.8 Å². The summed E-state index contributed by atoms with van der Waals surface area (Å²) in [7, 11) is 0. The Bertz CT molecular complexity index is 158. The fourth-order valence-electron chi connectivity index (χ4n) is 1.14. The molecule has 1 aliphatic heterocycles. The maximum absolute atomic E-state index is 12.6. The number of hydrogen-bond donors (Lipinski definition) is 0. The van der Waals surface area contributed by atoms with E-state index in [1.54, 1.807) is 0 Å². The van der Waals surface area contributed by atoms with Gasteiger partial charge >= 0.3 is 6.05 Å². The van der Waals surface area contributed by atoms with Gasteiger partial charge in [0.15, 0.2) is 0 Å². The van der Waals surface area contributed by atoms with Gasteiger partial charge in [-0.2, -0.15) is 8.78 Å². The molecule has 1 aliphatic rings. The normalized spacial score (nSPS) is 23.3. The van der Waals surface area contributed by atoms with Gasteiger partial charge in [0.25, 0.3) is 0 Å². The van der Waals surface area contributed by atoms with Gasteiger partial charge < -0.3 is 0 Å². The molecule has 1 fully saturated rings. The van der Waals surface area contributed by atoms with Crippen LogP contribution in [-0.4, -0.2) is 23.4 Å². The Labute approximate surface area is 57.8 Å². The molecule has 58 valence electrons. The van der Waals surface area contributed by atoms with E-state index in [-0.39, 0.29) is 13.0 Å². The van der Waals surface area contributed by atoms with Crippen molar-refractivity contribution in [2.75, 3.05) is 6.54 Å². The number of halogens is 2. The van der Waals surface area contributed by atoms with Gasteiger partial charge in [0.2, 0.25) is 5.91 Å². The highest BCUT2D eigenvalue weighted by molar-refractivity contribution is 5.74. The quantitative estimate of drug-likeness (QED) is 0.474. The van der Waals surface area contributed by atoms with Crippen molar-refractivity contribution in [1.82, 2.24) is 4.90 Å². The number of carbonyl (C=O) groups is 1. The maximum Gasteiger partial charge on any atom is 0.327 e. The Morgan fingerprint density at radius 1 is 1.60 bits per heavy atom. The second-order valence-corrected chi connectivity index (χ2v) is 2.44.